The van der Waals surface area contributed by atoms with Crippen LogP contribution in [0.3, 0.4) is 0 Å². The molecule has 0 saturated heterocycles. The summed E-state index contributed by atoms with van der Waals surface area (Å²) < 4.78 is 24.7. The fourth-order valence-electron chi connectivity index (χ4n) is 2.16. The SMILES string of the molecule is CCCCC(C)CC(C(=O)[O-])S(=O)(=O)c1ccccc1. The summed E-state index contributed by atoms with van der Waals surface area (Å²) in [5.74, 6) is -1.48. The molecule has 1 aromatic carbocycles. The molecule has 0 aliphatic heterocycles. The number of carboxylic acids is 1. The lowest BCUT2D eigenvalue weighted by Crippen LogP contribution is -2.42. The van der Waals surface area contributed by atoms with Gasteiger partial charge in [0.2, 0.25) is 0 Å². The molecule has 0 saturated carbocycles. The highest BCUT2D eigenvalue weighted by Gasteiger charge is 2.29. The zero-order valence-electron chi connectivity index (χ0n) is 11.9. The van der Waals surface area contributed by atoms with Crippen LogP contribution in [0.2, 0.25) is 0 Å². The molecule has 5 heteroatoms. The predicted octanol–water partition coefficient (Wildman–Crippen LogP) is 1.80. The van der Waals surface area contributed by atoms with Gasteiger partial charge in [-0.3, -0.25) is 0 Å². The summed E-state index contributed by atoms with van der Waals surface area (Å²) in [6, 6.07) is 7.69. The highest BCUT2D eigenvalue weighted by molar-refractivity contribution is 7.92. The van der Waals surface area contributed by atoms with Crippen LogP contribution in [0.15, 0.2) is 35.2 Å². The number of carbonyl (C=O) groups is 1. The number of carboxylic acid groups (broad SMARTS) is 1. The molecule has 2 unspecified atom stereocenters. The predicted molar refractivity (Wildman–Crippen MR) is 75.7 cm³/mol. The minimum Gasteiger partial charge on any atom is -0.549 e. The van der Waals surface area contributed by atoms with Gasteiger partial charge in [0.15, 0.2) is 9.84 Å². The zero-order chi connectivity index (χ0) is 15.2. The summed E-state index contributed by atoms with van der Waals surface area (Å²) in [5, 5.41) is 9.76. The Hall–Kier alpha value is -1.36. The monoisotopic (exact) mass is 297 g/mol. The highest BCUT2D eigenvalue weighted by atomic mass is 32.2. The Labute approximate surface area is 120 Å². The molecule has 0 amide bonds. The quantitative estimate of drug-likeness (QED) is 0.733. The fourth-order valence-corrected chi connectivity index (χ4v) is 3.86. The second-order valence-electron chi connectivity index (χ2n) is 5.15. The van der Waals surface area contributed by atoms with Crippen LogP contribution in [0, 0.1) is 5.92 Å². The first-order valence-electron chi connectivity index (χ1n) is 6.89. The summed E-state index contributed by atoms with van der Waals surface area (Å²) in [7, 11) is -3.88. The molecule has 0 aliphatic rings. The summed E-state index contributed by atoms with van der Waals surface area (Å²) in [6.45, 7) is 3.93. The van der Waals surface area contributed by atoms with Gasteiger partial charge in [0.25, 0.3) is 0 Å². The number of unbranched alkanes of at least 4 members (excludes halogenated alkanes) is 1. The van der Waals surface area contributed by atoms with Crippen molar-refractivity contribution in [3.05, 3.63) is 30.3 Å². The van der Waals surface area contributed by atoms with Crippen molar-refractivity contribution >= 4 is 15.8 Å². The van der Waals surface area contributed by atoms with E-state index in [1.54, 1.807) is 18.2 Å². The minimum absolute atomic E-state index is 0.0383. The molecule has 2 atom stereocenters. The highest BCUT2D eigenvalue weighted by Crippen LogP contribution is 2.23. The van der Waals surface area contributed by atoms with E-state index in [2.05, 4.69) is 0 Å². The number of carbonyl (C=O) groups excluding carboxylic acids is 1. The van der Waals surface area contributed by atoms with Crippen molar-refractivity contribution in [3.63, 3.8) is 0 Å². The first kappa shape index (κ1) is 16.7. The number of rotatable bonds is 8. The lowest BCUT2D eigenvalue weighted by atomic mass is 9.99. The molecule has 0 fully saturated rings. The number of hydrogen-bond donors (Lipinski definition) is 0. The lowest BCUT2D eigenvalue weighted by Gasteiger charge is -2.22. The van der Waals surface area contributed by atoms with E-state index in [-0.39, 0.29) is 17.2 Å². The van der Waals surface area contributed by atoms with E-state index < -0.39 is 21.1 Å². The molecule has 1 rings (SSSR count). The van der Waals surface area contributed by atoms with Crippen molar-refractivity contribution < 1.29 is 18.3 Å². The van der Waals surface area contributed by atoms with Crippen molar-refractivity contribution in [2.45, 2.75) is 49.7 Å². The molecule has 0 spiro atoms. The Balaban J connectivity index is 2.94. The number of hydrogen-bond acceptors (Lipinski definition) is 4. The Morgan fingerprint density at radius 3 is 2.35 bits per heavy atom. The van der Waals surface area contributed by atoms with Crippen molar-refractivity contribution in [1.82, 2.24) is 0 Å². The molecule has 0 radical (unpaired) electrons. The third-order valence-corrected chi connectivity index (χ3v) is 5.44. The number of aliphatic carboxylic acids is 1. The molecule has 0 aliphatic carbocycles. The Bertz CT molecular complexity index is 522. The van der Waals surface area contributed by atoms with Gasteiger partial charge < -0.3 is 9.90 Å². The third-order valence-electron chi connectivity index (χ3n) is 3.38. The maximum atomic E-state index is 12.4. The molecule has 112 valence electrons. The topological polar surface area (TPSA) is 74.3 Å². The van der Waals surface area contributed by atoms with Crippen molar-refractivity contribution in [3.8, 4) is 0 Å². The van der Waals surface area contributed by atoms with Gasteiger partial charge in [-0.25, -0.2) is 8.42 Å². The molecule has 0 bridgehead atoms. The van der Waals surface area contributed by atoms with Gasteiger partial charge >= 0.3 is 0 Å². The van der Waals surface area contributed by atoms with E-state index in [1.165, 1.54) is 12.1 Å². The zero-order valence-corrected chi connectivity index (χ0v) is 12.7. The van der Waals surface area contributed by atoms with Crippen LogP contribution in [0.4, 0.5) is 0 Å². The van der Waals surface area contributed by atoms with Gasteiger partial charge in [-0.15, -0.1) is 0 Å². The van der Waals surface area contributed by atoms with Gasteiger partial charge in [0, 0.05) is 0 Å². The summed E-state index contributed by atoms with van der Waals surface area (Å²) in [5.41, 5.74) is 0. The third kappa shape index (κ3) is 4.34. The van der Waals surface area contributed by atoms with E-state index in [0.29, 0.717) is 0 Å². The van der Waals surface area contributed by atoms with E-state index >= 15 is 0 Å². The Kier molecular flexibility index (Phi) is 6.20. The van der Waals surface area contributed by atoms with Gasteiger partial charge in [-0.1, -0.05) is 51.3 Å². The summed E-state index contributed by atoms with van der Waals surface area (Å²) in [6.07, 6.45) is 2.89. The minimum atomic E-state index is -3.88. The normalized spacial score (nSPS) is 14.7. The first-order chi connectivity index (χ1) is 9.39. The summed E-state index contributed by atoms with van der Waals surface area (Å²) >= 11 is 0. The fraction of sp³-hybridized carbons (Fsp3) is 0.533. The number of sulfone groups is 1. The average Bonchev–Trinajstić information content (AvgIpc) is 2.43. The molecular formula is C15H21O4S-. The van der Waals surface area contributed by atoms with Crippen LogP contribution in [-0.2, 0) is 14.6 Å². The standard InChI is InChI=1S/C15H22O4S/c1-3-4-8-12(2)11-14(15(16)17)20(18,19)13-9-6-5-7-10-13/h5-7,9-10,12,14H,3-4,8,11H2,1-2H3,(H,16,17)/p-1. The van der Waals surface area contributed by atoms with Crippen molar-refractivity contribution in [2.75, 3.05) is 0 Å². The lowest BCUT2D eigenvalue weighted by molar-refractivity contribution is -0.305. The van der Waals surface area contributed by atoms with Crippen LogP contribution in [0.25, 0.3) is 0 Å². The second kappa shape index (κ2) is 7.43. The van der Waals surface area contributed by atoms with E-state index in [1.807, 2.05) is 13.8 Å². The van der Waals surface area contributed by atoms with Crippen LogP contribution < -0.4 is 5.11 Å². The van der Waals surface area contributed by atoms with Gasteiger partial charge in [0.05, 0.1) is 10.9 Å². The molecular weight excluding hydrogens is 276 g/mol. The van der Waals surface area contributed by atoms with Crippen LogP contribution >= 0.6 is 0 Å². The molecule has 1 aromatic rings. The summed E-state index contributed by atoms with van der Waals surface area (Å²) in [4.78, 5) is 11.3. The molecule has 20 heavy (non-hydrogen) atoms. The van der Waals surface area contributed by atoms with Crippen LogP contribution in [0.1, 0.15) is 39.5 Å². The Morgan fingerprint density at radius 2 is 1.85 bits per heavy atom. The maximum absolute atomic E-state index is 12.4. The molecule has 0 aromatic heterocycles. The van der Waals surface area contributed by atoms with Gasteiger partial charge in [-0.2, -0.15) is 0 Å². The van der Waals surface area contributed by atoms with Crippen LogP contribution in [-0.4, -0.2) is 19.6 Å². The second-order valence-corrected chi connectivity index (χ2v) is 7.28. The molecule has 0 N–H and O–H groups in total. The van der Waals surface area contributed by atoms with Gasteiger partial charge in [-0.05, 0) is 24.5 Å². The van der Waals surface area contributed by atoms with E-state index in [9.17, 15) is 18.3 Å². The van der Waals surface area contributed by atoms with Crippen molar-refractivity contribution in [2.24, 2.45) is 5.92 Å². The largest absolute Gasteiger partial charge is 0.549 e. The smallest absolute Gasteiger partial charge is 0.186 e. The number of benzene rings is 1. The molecule has 0 heterocycles. The van der Waals surface area contributed by atoms with Crippen LogP contribution in [0.5, 0.6) is 0 Å². The maximum Gasteiger partial charge on any atom is 0.186 e. The first-order valence-corrected chi connectivity index (χ1v) is 8.44. The van der Waals surface area contributed by atoms with Crippen molar-refractivity contribution in [1.29, 1.82) is 0 Å². The Morgan fingerprint density at radius 1 is 1.25 bits per heavy atom. The van der Waals surface area contributed by atoms with E-state index in [0.717, 1.165) is 19.3 Å². The van der Waals surface area contributed by atoms with E-state index in [4.69, 9.17) is 0 Å². The molecule has 4 nitrogen and oxygen atoms in total. The van der Waals surface area contributed by atoms with Gasteiger partial charge in [0.1, 0.15) is 5.25 Å². The average molecular weight is 297 g/mol.